The molecule has 1 fully saturated rings. The first kappa shape index (κ1) is 23.8. The number of aliphatic hydroxyl groups is 1. The predicted molar refractivity (Wildman–Crippen MR) is 126 cm³/mol. The zero-order valence-electron chi connectivity index (χ0n) is 18.9. The highest BCUT2D eigenvalue weighted by molar-refractivity contribution is 5.98. The van der Waals surface area contributed by atoms with Gasteiger partial charge in [0.1, 0.15) is 12.1 Å². The average molecular weight is 497 g/mol. The second kappa shape index (κ2) is 9.59. The molecule has 5 rings (SSSR count). The molecule has 3 heterocycles. The van der Waals surface area contributed by atoms with Crippen molar-refractivity contribution in [1.82, 2.24) is 19.4 Å². The van der Waals surface area contributed by atoms with Crippen molar-refractivity contribution in [3.8, 4) is 11.6 Å². The average Bonchev–Trinajstić information content (AvgIpc) is 3.44. The van der Waals surface area contributed by atoms with E-state index in [1.165, 1.54) is 29.2 Å². The van der Waals surface area contributed by atoms with Crippen LogP contribution in [0.15, 0.2) is 67.1 Å². The van der Waals surface area contributed by atoms with Gasteiger partial charge >= 0.3 is 12.2 Å². The Bertz CT molecular complexity index is 1410. The number of nitrogens with zero attached hydrogens (tertiary/aromatic N) is 4. The molecule has 0 spiro atoms. The van der Waals surface area contributed by atoms with Gasteiger partial charge in [0.05, 0.1) is 22.9 Å². The minimum Gasteiger partial charge on any atom is -0.439 e. The maximum absolute atomic E-state index is 13.0. The van der Waals surface area contributed by atoms with Crippen molar-refractivity contribution < 1.29 is 27.8 Å². The Balaban J connectivity index is 1.29. The molecule has 2 N–H and O–H groups in total. The Morgan fingerprint density at radius 2 is 2.00 bits per heavy atom. The molecule has 36 heavy (non-hydrogen) atoms. The van der Waals surface area contributed by atoms with Crippen LogP contribution in [-0.4, -0.2) is 49.8 Å². The summed E-state index contributed by atoms with van der Waals surface area (Å²) in [6, 6.07) is 12.4. The molecule has 0 saturated carbocycles. The zero-order valence-corrected chi connectivity index (χ0v) is 18.9. The second-order valence-corrected chi connectivity index (χ2v) is 8.54. The summed E-state index contributed by atoms with van der Waals surface area (Å²) in [5.41, 5.74) is 0.528. The molecule has 2 aromatic carbocycles. The molecular weight excluding hydrogens is 475 g/mol. The molecule has 0 radical (unpaired) electrons. The van der Waals surface area contributed by atoms with Crippen molar-refractivity contribution >= 4 is 22.6 Å². The number of β-amino-alcohol motifs (C(OH)–C–C–N with tert-alkyl or cyclic N) is 1. The van der Waals surface area contributed by atoms with Crippen LogP contribution in [0.25, 0.3) is 10.9 Å². The van der Waals surface area contributed by atoms with E-state index < -0.39 is 17.8 Å². The quantitative estimate of drug-likeness (QED) is 0.408. The number of carbonyl (C=O) groups is 1. The summed E-state index contributed by atoms with van der Waals surface area (Å²) in [7, 11) is 0. The van der Waals surface area contributed by atoms with Gasteiger partial charge in [-0.2, -0.15) is 13.2 Å². The number of anilines is 1. The van der Waals surface area contributed by atoms with Gasteiger partial charge in [-0.05, 0) is 48.9 Å². The Hall–Kier alpha value is -3.96. The second-order valence-electron chi connectivity index (χ2n) is 8.54. The van der Waals surface area contributed by atoms with Gasteiger partial charge in [-0.25, -0.2) is 14.8 Å². The summed E-state index contributed by atoms with van der Waals surface area (Å²) in [5.74, 6) is 0.862. The first-order valence-corrected chi connectivity index (χ1v) is 11.2. The zero-order chi connectivity index (χ0) is 25.3. The largest absolute Gasteiger partial charge is 0.439 e. The maximum atomic E-state index is 13.0. The van der Waals surface area contributed by atoms with Gasteiger partial charge in [-0.15, -0.1) is 0 Å². The van der Waals surface area contributed by atoms with Gasteiger partial charge in [-0.1, -0.05) is 6.07 Å². The standard InChI is InChI=1S/C25H22F3N5O3/c26-25(27,28)17-2-1-3-18(11-17)31-24(35)33-9-6-16-10-21(4-5-22(16)33)36-23-12-19(29-15-30-23)13-32-8-7-20(34)14-32/h1-6,9-12,15,20,34H,7-8,13-14H2,(H,31,35)/t20-/m1/s1. The van der Waals surface area contributed by atoms with Crippen molar-refractivity contribution in [2.75, 3.05) is 18.4 Å². The van der Waals surface area contributed by atoms with E-state index in [-0.39, 0.29) is 11.8 Å². The molecule has 4 aromatic rings. The molecule has 1 atom stereocenters. The molecule has 2 aromatic heterocycles. The van der Waals surface area contributed by atoms with Crippen LogP contribution < -0.4 is 10.1 Å². The van der Waals surface area contributed by atoms with Gasteiger partial charge in [0, 0.05) is 43.0 Å². The van der Waals surface area contributed by atoms with Gasteiger partial charge in [0.2, 0.25) is 5.88 Å². The lowest BCUT2D eigenvalue weighted by Crippen LogP contribution is -2.22. The SMILES string of the molecule is O=C(Nc1cccc(C(F)(F)F)c1)n1ccc2cc(Oc3cc(CN4CC[C@@H](O)C4)ncn3)ccc21. The maximum Gasteiger partial charge on any atom is 0.416 e. The number of halogens is 3. The highest BCUT2D eigenvalue weighted by atomic mass is 19.4. The summed E-state index contributed by atoms with van der Waals surface area (Å²) in [5, 5.41) is 12.9. The third kappa shape index (κ3) is 5.31. The molecule has 1 amide bonds. The number of hydrogen-bond acceptors (Lipinski definition) is 6. The summed E-state index contributed by atoms with van der Waals surface area (Å²) in [6.45, 7) is 1.99. The fraction of sp³-hybridized carbons (Fsp3) is 0.240. The molecule has 1 aliphatic rings. The number of nitrogens with one attached hydrogen (secondary N) is 1. The molecule has 1 aliphatic heterocycles. The van der Waals surface area contributed by atoms with E-state index in [9.17, 15) is 23.1 Å². The summed E-state index contributed by atoms with van der Waals surface area (Å²) in [4.78, 5) is 23.3. The molecule has 186 valence electrons. The predicted octanol–water partition coefficient (Wildman–Crippen LogP) is 4.89. The highest BCUT2D eigenvalue weighted by Gasteiger charge is 2.30. The lowest BCUT2D eigenvalue weighted by molar-refractivity contribution is -0.137. The van der Waals surface area contributed by atoms with Crippen LogP contribution in [0.1, 0.15) is 17.7 Å². The van der Waals surface area contributed by atoms with Crippen LogP contribution in [0.5, 0.6) is 11.6 Å². The number of alkyl halides is 3. The fourth-order valence-corrected chi connectivity index (χ4v) is 4.14. The molecule has 1 saturated heterocycles. The van der Waals surface area contributed by atoms with Crippen molar-refractivity contribution in [2.45, 2.75) is 25.2 Å². The summed E-state index contributed by atoms with van der Waals surface area (Å²) in [6.07, 6.45) is -1.12. The topological polar surface area (TPSA) is 92.5 Å². The monoisotopic (exact) mass is 497 g/mol. The van der Waals surface area contributed by atoms with Crippen LogP contribution in [0.3, 0.4) is 0 Å². The lowest BCUT2D eigenvalue weighted by atomic mass is 10.2. The molecule has 8 nitrogen and oxygen atoms in total. The smallest absolute Gasteiger partial charge is 0.416 e. The molecule has 0 unspecified atom stereocenters. The Kier molecular flexibility index (Phi) is 6.33. The summed E-state index contributed by atoms with van der Waals surface area (Å²) < 4.78 is 46.1. The minimum atomic E-state index is -4.50. The number of rotatable bonds is 5. The van der Waals surface area contributed by atoms with E-state index in [1.807, 2.05) is 0 Å². The van der Waals surface area contributed by atoms with E-state index in [4.69, 9.17) is 4.74 Å². The first-order valence-electron chi connectivity index (χ1n) is 11.2. The minimum absolute atomic E-state index is 0.0413. The number of carbonyl (C=O) groups excluding carboxylic acids is 1. The van der Waals surface area contributed by atoms with Crippen LogP contribution in [-0.2, 0) is 12.7 Å². The summed E-state index contributed by atoms with van der Waals surface area (Å²) >= 11 is 0. The first-order chi connectivity index (χ1) is 17.2. The third-order valence-corrected chi connectivity index (χ3v) is 5.88. The lowest BCUT2D eigenvalue weighted by Gasteiger charge is -2.14. The Morgan fingerprint density at radius 3 is 2.78 bits per heavy atom. The van der Waals surface area contributed by atoms with E-state index in [0.29, 0.717) is 35.6 Å². The number of aromatic nitrogens is 3. The van der Waals surface area contributed by atoms with Crippen LogP contribution in [0, 0.1) is 0 Å². The molecular formula is C25H22F3N5O3. The van der Waals surface area contributed by atoms with Gasteiger partial charge in [0.15, 0.2) is 0 Å². The Morgan fingerprint density at radius 1 is 1.14 bits per heavy atom. The number of ether oxygens (including phenoxy) is 1. The Labute approximate surface area is 204 Å². The van der Waals surface area contributed by atoms with Crippen LogP contribution >= 0.6 is 0 Å². The number of likely N-dealkylation sites (tertiary alicyclic amines) is 1. The van der Waals surface area contributed by atoms with Gasteiger partial charge in [0.25, 0.3) is 0 Å². The fourth-order valence-electron chi connectivity index (χ4n) is 4.14. The molecule has 0 aliphatic carbocycles. The van der Waals surface area contributed by atoms with E-state index >= 15 is 0 Å². The van der Waals surface area contributed by atoms with Crippen molar-refractivity contribution in [3.63, 3.8) is 0 Å². The third-order valence-electron chi connectivity index (χ3n) is 5.88. The normalized spacial score (nSPS) is 16.4. The number of amides is 1. The van der Waals surface area contributed by atoms with Gasteiger partial charge in [-0.3, -0.25) is 9.47 Å². The van der Waals surface area contributed by atoms with E-state index in [2.05, 4.69) is 20.2 Å². The number of aliphatic hydroxyl groups excluding tert-OH is 1. The molecule has 0 bridgehead atoms. The van der Waals surface area contributed by atoms with Gasteiger partial charge < -0.3 is 15.2 Å². The van der Waals surface area contributed by atoms with Crippen LogP contribution in [0.2, 0.25) is 0 Å². The van der Waals surface area contributed by atoms with Crippen molar-refractivity contribution in [3.05, 3.63) is 78.4 Å². The van der Waals surface area contributed by atoms with E-state index in [0.717, 1.165) is 30.8 Å². The van der Waals surface area contributed by atoms with Crippen molar-refractivity contribution in [2.24, 2.45) is 0 Å². The number of hydrogen-bond donors (Lipinski definition) is 2. The number of fused-ring (bicyclic) bond motifs is 1. The van der Waals surface area contributed by atoms with E-state index in [1.54, 1.807) is 30.3 Å². The molecule has 11 heteroatoms. The highest BCUT2D eigenvalue weighted by Crippen LogP contribution is 2.31. The van der Waals surface area contributed by atoms with Crippen molar-refractivity contribution in [1.29, 1.82) is 0 Å². The number of benzene rings is 2. The van der Waals surface area contributed by atoms with Crippen LogP contribution in [0.4, 0.5) is 23.7 Å².